The van der Waals surface area contributed by atoms with Crippen LogP contribution in [0.2, 0.25) is 10.0 Å². The Morgan fingerprint density at radius 2 is 1.79 bits per heavy atom. The molecule has 0 unspecified atom stereocenters. The van der Waals surface area contributed by atoms with Crippen LogP contribution in [0.1, 0.15) is 5.56 Å². The van der Waals surface area contributed by atoms with Gasteiger partial charge in [0.25, 0.3) is 0 Å². The van der Waals surface area contributed by atoms with E-state index >= 15 is 0 Å². The molecule has 2 rings (SSSR count). The molecular weight excluding hydrogens is 389 g/mol. The van der Waals surface area contributed by atoms with E-state index in [9.17, 15) is 8.42 Å². The van der Waals surface area contributed by atoms with Crippen LogP contribution in [0.5, 0.6) is 0 Å². The Hall–Kier alpha value is -1.38. The van der Waals surface area contributed by atoms with Crippen LogP contribution in [0.15, 0.2) is 47.4 Å². The van der Waals surface area contributed by atoms with Gasteiger partial charge in [-0.1, -0.05) is 35.3 Å². The van der Waals surface area contributed by atoms with Gasteiger partial charge >= 0.3 is 0 Å². The zero-order valence-corrected chi connectivity index (χ0v) is 15.6. The predicted molar refractivity (Wildman–Crippen MR) is 102 cm³/mol. The van der Waals surface area contributed by atoms with Gasteiger partial charge in [-0.15, -0.1) is 0 Å². The van der Waals surface area contributed by atoms with Crippen LogP contribution in [-0.2, 0) is 16.4 Å². The molecule has 0 aliphatic heterocycles. The lowest BCUT2D eigenvalue weighted by atomic mass is 10.1. The van der Waals surface area contributed by atoms with E-state index in [-0.39, 0.29) is 4.90 Å². The third-order valence-corrected chi connectivity index (χ3v) is 4.85. The monoisotopic (exact) mass is 403 g/mol. The van der Waals surface area contributed by atoms with Crippen molar-refractivity contribution in [3.05, 3.63) is 58.1 Å². The molecule has 0 saturated heterocycles. The standard InChI is InChI=1S/C15H15Cl2N3O2S2/c16-11-3-6-14(13(17)9-11)20-15(23)19-8-7-10-1-4-12(5-2-10)24(18,21)22/h1-6,9H,7-8H2,(H2,18,21,22)(H2,19,20,23). The molecule has 0 bridgehead atoms. The van der Waals surface area contributed by atoms with Gasteiger partial charge in [0.2, 0.25) is 10.0 Å². The molecule has 4 N–H and O–H groups in total. The van der Waals surface area contributed by atoms with Crippen molar-refractivity contribution in [2.45, 2.75) is 11.3 Å². The molecule has 5 nitrogen and oxygen atoms in total. The lowest BCUT2D eigenvalue weighted by Crippen LogP contribution is -2.30. The summed E-state index contributed by atoms with van der Waals surface area (Å²) < 4.78 is 22.4. The second-order valence-electron chi connectivity index (χ2n) is 4.94. The lowest BCUT2D eigenvalue weighted by Gasteiger charge is -2.12. The highest BCUT2D eigenvalue weighted by molar-refractivity contribution is 7.89. The van der Waals surface area contributed by atoms with Crippen molar-refractivity contribution < 1.29 is 8.42 Å². The summed E-state index contributed by atoms with van der Waals surface area (Å²) in [5, 5.41) is 12.6. The minimum absolute atomic E-state index is 0.0915. The van der Waals surface area contributed by atoms with Gasteiger partial charge in [0.1, 0.15) is 0 Å². The van der Waals surface area contributed by atoms with E-state index in [0.717, 1.165) is 5.56 Å². The molecule has 0 amide bonds. The maximum atomic E-state index is 11.2. The van der Waals surface area contributed by atoms with E-state index in [0.29, 0.717) is 33.8 Å². The van der Waals surface area contributed by atoms with E-state index < -0.39 is 10.0 Å². The molecule has 0 aromatic heterocycles. The van der Waals surface area contributed by atoms with Crippen LogP contribution >= 0.6 is 35.4 Å². The number of thiocarbonyl (C=S) groups is 1. The first-order valence-corrected chi connectivity index (χ1v) is 9.58. The quantitative estimate of drug-likeness (QED) is 0.667. The Morgan fingerprint density at radius 3 is 2.38 bits per heavy atom. The molecular formula is C15H15Cl2N3O2S2. The van der Waals surface area contributed by atoms with E-state index in [1.165, 1.54) is 12.1 Å². The van der Waals surface area contributed by atoms with Crippen LogP contribution in [0.25, 0.3) is 0 Å². The second-order valence-corrected chi connectivity index (χ2v) is 7.76. The number of hydrogen-bond donors (Lipinski definition) is 3. The number of benzene rings is 2. The minimum Gasteiger partial charge on any atom is -0.362 e. The molecule has 0 aliphatic carbocycles. The van der Waals surface area contributed by atoms with Gasteiger partial charge in [-0.2, -0.15) is 0 Å². The molecule has 2 aromatic rings. The fourth-order valence-electron chi connectivity index (χ4n) is 1.92. The predicted octanol–water partition coefficient (Wildman–Crippen LogP) is 3.17. The summed E-state index contributed by atoms with van der Waals surface area (Å²) in [6, 6.07) is 11.5. The van der Waals surface area contributed by atoms with Crippen molar-refractivity contribution in [3.63, 3.8) is 0 Å². The lowest BCUT2D eigenvalue weighted by molar-refractivity contribution is 0.598. The Morgan fingerprint density at radius 1 is 1.12 bits per heavy atom. The van der Waals surface area contributed by atoms with Gasteiger partial charge in [-0.25, -0.2) is 13.6 Å². The number of nitrogens with one attached hydrogen (secondary N) is 2. The smallest absolute Gasteiger partial charge is 0.238 e. The first-order valence-electron chi connectivity index (χ1n) is 6.87. The van der Waals surface area contributed by atoms with Gasteiger partial charge in [-0.05, 0) is 54.5 Å². The molecule has 0 spiro atoms. The summed E-state index contributed by atoms with van der Waals surface area (Å²) in [6.07, 6.45) is 0.668. The van der Waals surface area contributed by atoms with Gasteiger partial charge in [0, 0.05) is 11.6 Å². The van der Waals surface area contributed by atoms with Crippen molar-refractivity contribution in [1.29, 1.82) is 0 Å². The van der Waals surface area contributed by atoms with Crippen molar-refractivity contribution in [2.24, 2.45) is 5.14 Å². The average Bonchev–Trinajstić information content (AvgIpc) is 2.50. The van der Waals surface area contributed by atoms with Crippen LogP contribution in [0.3, 0.4) is 0 Å². The minimum atomic E-state index is -3.66. The zero-order valence-electron chi connectivity index (χ0n) is 12.4. The van der Waals surface area contributed by atoms with Crippen LogP contribution in [-0.4, -0.2) is 20.1 Å². The number of sulfonamides is 1. The van der Waals surface area contributed by atoms with Crippen molar-refractivity contribution >= 4 is 56.2 Å². The fraction of sp³-hybridized carbons (Fsp3) is 0.133. The zero-order chi connectivity index (χ0) is 17.7. The summed E-state index contributed by atoms with van der Waals surface area (Å²) in [4.78, 5) is 0.0915. The molecule has 0 fully saturated rings. The van der Waals surface area contributed by atoms with E-state index in [1.54, 1.807) is 30.3 Å². The van der Waals surface area contributed by atoms with E-state index in [4.69, 9.17) is 40.6 Å². The number of rotatable bonds is 5. The van der Waals surface area contributed by atoms with Crippen molar-refractivity contribution in [3.8, 4) is 0 Å². The third-order valence-electron chi connectivity index (χ3n) is 3.13. The van der Waals surface area contributed by atoms with Crippen LogP contribution in [0.4, 0.5) is 5.69 Å². The van der Waals surface area contributed by atoms with Gasteiger partial charge < -0.3 is 10.6 Å². The number of nitrogens with two attached hydrogens (primary N) is 1. The molecule has 0 atom stereocenters. The molecule has 128 valence electrons. The average molecular weight is 404 g/mol. The molecule has 2 aromatic carbocycles. The highest BCUT2D eigenvalue weighted by Crippen LogP contribution is 2.25. The molecule has 0 saturated carbocycles. The Kier molecular flexibility index (Phi) is 6.42. The maximum Gasteiger partial charge on any atom is 0.238 e. The van der Waals surface area contributed by atoms with E-state index in [1.807, 2.05) is 0 Å². The normalized spacial score (nSPS) is 11.1. The van der Waals surface area contributed by atoms with Gasteiger partial charge in [0.05, 0.1) is 15.6 Å². The number of halogens is 2. The maximum absolute atomic E-state index is 11.2. The number of anilines is 1. The molecule has 0 aliphatic rings. The third kappa shape index (κ3) is 5.61. The number of hydrogen-bond acceptors (Lipinski definition) is 3. The summed E-state index contributed by atoms with van der Waals surface area (Å²) in [7, 11) is -3.66. The number of primary sulfonamides is 1. The summed E-state index contributed by atoms with van der Waals surface area (Å²) in [6.45, 7) is 0.575. The Labute approximate surface area is 156 Å². The Balaban J connectivity index is 1.84. The first-order chi connectivity index (χ1) is 11.3. The first kappa shape index (κ1) is 19.0. The van der Waals surface area contributed by atoms with Gasteiger partial charge in [0.15, 0.2) is 5.11 Å². The molecule has 9 heteroatoms. The summed E-state index contributed by atoms with van der Waals surface area (Å²) in [5.74, 6) is 0. The van der Waals surface area contributed by atoms with Gasteiger partial charge in [-0.3, -0.25) is 0 Å². The van der Waals surface area contributed by atoms with E-state index in [2.05, 4.69) is 10.6 Å². The van der Waals surface area contributed by atoms with Crippen LogP contribution in [0, 0.1) is 0 Å². The van der Waals surface area contributed by atoms with Crippen molar-refractivity contribution in [1.82, 2.24) is 5.32 Å². The summed E-state index contributed by atoms with van der Waals surface area (Å²) >= 11 is 17.1. The Bertz CT molecular complexity index is 840. The molecule has 24 heavy (non-hydrogen) atoms. The topological polar surface area (TPSA) is 84.2 Å². The highest BCUT2D eigenvalue weighted by Gasteiger charge is 2.07. The highest BCUT2D eigenvalue weighted by atomic mass is 35.5. The fourth-order valence-corrected chi connectivity index (χ4v) is 3.11. The molecule has 0 heterocycles. The largest absolute Gasteiger partial charge is 0.362 e. The molecule has 0 radical (unpaired) electrons. The SMILES string of the molecule is NS(=O)(=O)c1ccc(CCNC(=S)Nc2ccc(Cl)cc2Cl)cc1. The summed E-state index contributed by atoms with van der Waals surface area (Å²) in [5.41, 5.74) is 1.62. The second kappa shape index (κ2) is 8.13. The van der Waals surface area contributed by atoms with Crippen LogP contribution < -0.4 is 15.8 Å². The van der Waals surface area contributed by atoms with Crippen molar-refractivity contribution in [2.75, 3.05) is 11.9 Å².